The summed E-state index contributed by atoms with van der Waals surface area (Å²) in [6.07, 6.45) is 0.395. The van der Waals surface area contributed by atoms with Crippen LogP contribution < -0.4 is 5.32 Å². The van der Waals surface area contributed by atoms with Crippen LogP contribution in [0.1, 0.15) is 30.5 Å². The van der Waals surface area contributed by atoms with Gasteiger partial charge in [0.2, 0.25) is 11.8 Å². The van der Waals surface area contributed by atoms with Gasteiger partial charge in [-0.2, -0.15) is 0 Å². The van der Waals surface area contributed by atoms with E-state index in [-0.39, 0.29) is 30.8 Å². The summed E-state index contributed by atoms with van der Waals surface area (Å²) in [6, 6.07) is 21.9. The summed E-state index contributed by atoms with van der Waals surface area (Å²) in [5.74, 6) is -0.945. The van der Waals surface area contributed by atoms with Crippen molar-refractivity contribution in [3.63, 3.8) is 0 Å². The fraction of sp³-hybridized carbons (Fsp3) is 0.259. The lowest BCUT2D eigenvalue weighted by molar-refractivity contribution is -0.141. The van der Waals surface area contributed by atoms with E-state index in [1.165, 1.54) is 11.0 Å². The minimum absolute atomic E-state index is 0.0118. The monoisotopic (exact) mass is 466 g/mol. The van der Waals surface area contributed by atoms with Gasteiger partial charge in [0.25, 0.3) is 0 Å². The molecule has 2 amide bonds. The van der Waals surface area contributed by atoms with Crippen molar-refractivity contribution in [2.75, 3.05) is 0 Å². The first-order chi connectivity index (χ1) is 15.8. The van der Waals surface area contributed by atoms with Crippen LogP contribution >= 0.6 is 11.6 Å². The fourth-order valence-corrected chi connectivity index (χ4v) is 3.75. The predicted octanol–water partition coefficient (Wildman–Crippen LogP) is 5.19. The minimum atomic E-state index is -0.797. The van der Waals surface area contributed by atoms with Gasteiger partial charge < -0.3 is 10.2 Å². The van der Waals surface area contributed by atoms with E-state index in [1.54, 1.807) is 42.5 Å². The summed E-state index contributed by atoms with van der Waals surface area (Å²) < 4.78 is 14.5. The van der Waals surface area contributed by atoms with Crippen LogP contribution in [0.2, 0.25) is 5.02 Å². The molecule has 1 atom stereocenters. The minimum Gasteiger partial charge on any atom is -0.352 e. The second-order valence-corrected chi connectivity index (χ2v) is 8.72. The zero-order valence-corrected chi connectivity index (χ0v) is 19.6. The smallest absolute Gasteiger partial charge is 0.243 e. The number of hydrogen-bond donors (Lipinski definition) is 1. The number of nitrogens with zero attached hydrogens (tertiary/aromatic N) is 1. The molecule has 33 heavy (non-hydrogen) atoms. The summed E-state index contributed by atoms with van der Waals surface area (Å²) in [5, 5.41) is 3.50. The van der Waals surface area contributed by atoms with Crippen LogP contribution in [0.5, 0.6) is 0 Å². The molecule has 0 bridgehead atoms. The molecule has 0 spiro atoms. The van der Waals surface area contributed by atoms with Gasteiger partial charge in [0.05, 0.1) is 6.42 Å². The van der Waals surface area contributed by atoms with Gasteiger partial charge >= 0.3 is 0 Å². The first-order valence-corrected chi connectivity index (χ1v) is 11.3. The zero-order chi connectivity index (χ0) is 23.8. The number of nitrogens with one attached hydrogen (secondary N) is 1. The first-order valence-electron chi connectivity index (χ1n) is 10.9. The molecule has 0 heterocycles. The topological polar surface area (TPSA) is 49.4 Å². The Morgan fingerprint density at radius 2 is 1.55 bits per heavy atom. The van der Waals surface area contributed by atoms with Gasteiger partial charge in [0.1, 0.15) is 11.9 Å². The Hall–Kier alpha value is -3.18. The fourth-order valence-electron chi connectivity index (χ4n) is 3.62. The highest BCUT2D eigenvalue weighted by Gasteiger charge is 2.31. The number of benzene rings is 3. The standard InChI is InChI=1S/C27H28ClFN2O2/c1-19(2)30-27(33)25(16-20-8-4-3-5-9-20)31(18-22-10-6-7-11-24(22)29)26(32)17-21-12-14-23(28)15-13-21/h3-15,19,25H,16-18H2,1-2H3,(H,30,33)/t25-/m0/s1. The van der Waals surface area contributed by atoms with Crippen LogP contribution in [0, 0.1) is 5.82 Å². The molecule has 0 aliphatic carbocycles. The molecule has 0 unspecified atom stereocenters. The van der Waals surface area contributed by atoms with Gasteiger partial charge in [0.15, 0.2) is 0 Å². The molecule has 1 N–H and O–H groups in total. The largest absolute Gasteiger partial charge is 0.352 e. The van der Waals surface area contributed by atoms with Gasteiger partial charge in [0, 0.05) is 29.6 Å². The van der Waals surface area contributed by atoms with Gasteiger partial charge in [-0.05, 0) is 43.2 Å². The Labute approximate surface area is 199 Å². The van der Waals surface area contributed by atoms with E-state index in [0.717, 1.165) is 11.1 Å². The molecule has 172 valence electrons. The SMILES string of the molecule is CC(C)NC(=O)[C@H](Cc1ccccc1)N(Cc1ccccc1F)C(=O)Cc1ccc(Cl)cc1. The van der Waals surface area contributed by atoms with Crippen LogP contribution in [-0.4, -0.2) is 28.8 Å². The van der Waals surface area contributed by atoms with Crippen LogP contribution in [0.25, 0.3) is 0 Å². The maximum absolute atomic E-state index is 14.5. The molecule has 3 aromatic rings. The van der Waals surface area contributed by atoms with Crippen molar-refractivity contribution in [3.05, 3.63) is 106 Å². The van der Waals surface area contributed by atoms with Crippen molar-refractivity contribution >= 4 is 23.4 Å². The van der Waals surface area contributed by atoms with Crippen LogP contribution in [0.3, 0.4) is 0 Å². The van der Waals surface area contributed by atoms with E-state index in [2.05, 4.69) is 5.32 Å². The molecule has 4 nitrogen and oxygen atoms in total. The number of rotatable bonds is 9. The van der Waals surface area contributed by atoms with Crippen LogP contribution in [-0.2, 0) is 29.0 Å². The number of halogens is 2. The second-order valence-electron chi connectivity index (χ2n) is 8.29. The first kappa shape index (κ1) is 24.5. The van der Waals surface area contributed by atoms with Gasteiger partial charge in [-0.25, -0.2) is 4.39 Å². The van der Waals surface area contributed by atoms with Gasteiger partial charge in [-0.3, -0.25) is 9.59 Å². The van der Waals surface area contributed by atoms with Gasteiger partial charge in [-0.15, -0.1) is 0 Å². The lowest BCUT2D eigenvalue weighted by Crippen LogP contribution is -2.52. The molecule has 0 saturated heterocycles. The summed E-state index contributed by atoms with van der Waals surface area (Å²) in [6.45, 7) is 3.73. The molecule has 0 fully saturated rings. The normalized spacial score (nSPS) is 11.8. The Balaban J connectivity index is 1.97. The number of amides is 2. The van der Waals surface area contributed by atoms with Gasteiger partial charge in [-0.1, -0.05) is 72.3 Å². The Morgan fingerprint density at radius 3 is 2.18 bits per heavy atom. The van der Waals surface area contributed by atoms with Crippen molar-refractivity contribution in [1.29, 1.82) is 0 Å². The molecule has 0 aliphatic heterocycles. The molecule has 0 aromatic heterocycles. The van der Waals surface area contributed by atoms with Crippen molar-refractivity contribution < 1.29 is 14.0 Å². The van der Waals surface area contributed by atoms with E-state index in [1.807, 2.05) is 44.2 Å². The third kappa shape index (κ3) is 7.16. The van der Waals surface area contributed by atoms with Crippen LogP contribution in [0.15, 0.2) is 78.9 Å². The van der Waals surface area contributed by atoms with E-state index >= 15 is 0 Å². The molecule has 3 rings (SSSR count). The molecular weight excluding hydrogens is 439 g/mol. The lowest BCUT2D eigenvalue weighted by atomic mass is 10.0. The van der Waals surface area contributed by atoms with E-state index in [4.69, 9.17) is 11.6 Å². The maximum atomic E-state index is 14.5. The highest BCUT2D eigenvalue weighted by Crippen LogP contribution is 2.19. The molecule has 0 aliphatic rings. The second kappa shape index (κ2) is 11.6. The zero-order valence-electron chi connectivity index (χ0n) is 18.8. The lowest BCUT2D eigenvalue weighted by Gasteiger charge is -2.32. The summed E-state index contributed by atoms with van der Waals surface area (Å²) in [4.78, 5) is 28.3. The molecule has 0 saturated carbocycles. The summed E-state index contributed by atoms with van der Waals surface area (Å²) in [7, 11) is 0. The third-order valence-electron chi connectivity index (χ3n) is 5.27. The van der Waals surface area contributed by atoms with Crippen molar-refractivity contribution in [2.45, 2.75) is 45.3 Å². The average Bonchev–Trinajstić information content (AvgIpc) is 2.79. The van der Waals surface area contributed by atoms with E-state index in [9.17, 15) is 14.0 Å². The quantitative estimate of drug-likeness (QED) is 0.472. The molecule has 6 heteroatoms. The molecular formula is C27H28ClFN2O2. The van der Waals surface area contributed by atoms with Crippen molar-refractivity contribution in [1.82, 2.24) is 10.2 Å². The molecule has 3 aromatic carbocycles. The molecule has 0 radical (unpaired) electrons. The van der Waals surface area contributed by atoms with Crippen molar-refractivity contribution in [2.24, 2.45) is 0 Å². The van der Waals surface area contributed by atoms with Crippen LogP contribution in [0.4, 0.5) is 4.39 Å². The Morgan fingerprint density at radius 1 is 0.909 bits per heavy atom. The van der Waals surface area contributed by atoms with Crippen molar-refractivity contribution in [3.8, 4) is 0 Å². The summed E-state index contributed by atoms with van der Waals surface area (Å²) in [5.41, 5.74) is 2.04. The number of hydrogen-bond acceptors (Lipinski definition) is 2. The predicted molar refractivity (Wildman–Crippen MR) is 129 cm³/mol. The average molecular weight is 467 g/mol. The van der Waals surface area contributed by atoms with E-state index < -0.39 is 11.9 Å². The summed E-state index contributed by atoms with van der Waals surface area (Å²) >= 11 is 5.98. The highest BCUT2D eigenvalue weighted by molar-refractivity contribution is 6.30. The Bertz CT molecular complexity index is 1070. The Kier molecular flexibility index (Phi) is 8.61. The third-order valence-corrected chi connectivity index (χ3v) is 5.52. The number of carbonyl (C=O) groups is 2. The number of carbonyl (C=O) groups excluding carboxylic acids is 2. The van der Waals surface area contributed by atoms with E-state index in [0.29, 0.717) is 17.0 Å². The highest BCUT2D eigenvalue weighted by atomic mass is 35.5. The maximum Gasteiger partial charge on any atom is 0.243 e.